The number of likely N-dealkylation sites (tertiary alicyclic amines) is 1. The summed E-state index contributed by atoms with van der Waals surface area (Å²) in [6, 6.07) is 8.72. The molecule has 6 nitrogen and oxygen atoms in total. The van der Waals surface area contributed by atoms with Gasteiger partial charge in [-0.1, -0.05) is 18.2 Å². The number of benzene rings is 1. The minimum atomic E-state index is -0.166. The quantitative estimate of drug-likeness (QED) is 0.808. The molecule has 1 aliphatic carbocycles. The Morgan fingerprint density at radius 3 is 2.72 bits per heavy atom. The van der Waals surface area contributed by atoms with Gasteiger partial charge in [0.05, 0.1) is 12.6 Å². The van der Waals surface area contributed by atoms with E-state index in [4.69, 9.17) is 0 Å². The highest BCUT2D eigenvalue weighted by atomic mass is 16.2. The van der Waals surface area contributed by atoms with Gasteiger partial charge in [0.25, 0.3) is 11.8 Å². The minimum absolute atomic E-state index is 0.0724. The van der Waals surface area contributed by atoms with Crippen LogP contribution in [0.3, 0.4) is 0 Å². The molecule has 3 aliphatic rings. The Bertz CT molecular complexity index is 659. The van der Waals surface area contributed by atoms with Crippen molar-refractivity contribution in [2.45, 2.75) is 50.6 Å². The van der Waals surface area contributed by atoms with Gasteiger partial charge in [0, 0.05) is 18.3 Å². The zero-order valence-corrected chi connectivity index (χ0v) is 14.5. The molecule has 0 unspecified atom stereocenters. The van der Waals surface area contributed by atoms with Crippen molar-refractivity contribution in [1.82, 2.24) is 15.8 Å². The van der Waals surface area contributed by atoms with Crippen LogP contribution in [-0.2, 0) is 16.0 Å². The van der Waals surface area contributed by atoms with E-state index in [0.29, 0.717) is 6.04 Å². The molecule has 1 aromatic carbocycles. The van der Waals surface area contributed by atoms with Crippen molar-refractivity contribution in [3.8, 4) is 0 Å². The first-order valence-electron chi connectivity index (χ1n) is 9.39. The SMILES string of the molecule is O=C(CN1CCCc2ccccc21)NNC(=O)[C@@H]1CCCN1C1CC1. The molecule has 1 atom stereocenters. The second-order valence-electron chi connectivity index (χ2n) is 7.32. The Morgan fingerprint density at radius 2 is 1.88 bits per heavy atom. The number of hydrazine groups is 1. The summed E-state index contributed by atoms with van der Waals surface area (Å²) in [7, 11) is 0. The molecular weight excluding hydrogens is 316 g/mol. The predicted octanol–water partition coefficient (Wildman–Crippen LogP) is 1.21. The average Bonchev–Trinajstić information content (AvgIpc) is 3.36. The fraction of sp³-hybridized carbons (Fsp3) is 0.579. The molecule has 2 fully saturated rings. The lowest BCUT2D eigenvalue weighted by molar-refractivity contribution is -0.131. The van der Waals surface area contributed by atoms with Crippen LogP contribution in [0.5, 0.6) is 0 Å². The van der Waals surface area contributed by atoms with Crippen molar-refractivity contribution in [2.24, 2.45) is 0 Å². The molecule has 2 aliphatic heterocycles. The number of rotatable bonds is 4. The van der Waals surface area contributed by atoms with Gasteiger partial charge in [-0.25, -0.2) is 0 Å². The van der Waals surface area contributed by atoms with Crippen molar-refractivity contribution in [3.05, 3.63) is 29.8 Å². The van der Waals surface area contributed by atoms with E-state index in [1.807, 2.05) is 12.1 Å². The first kappa shape index (κ1) is 16.4. The zero-order valence-electron chi connectivity index (χ0n) is 14.5. The van der Waals surface area contributed by atoms with Gasteiger partial charge >= 0.3 is 0 Å². The smallest absolute Gasteiger partial charge is 0.257 e. The van der Waals surface area contributed by atoms with Crippen LogP contribution in [0.4, 0.5) is 5.69 Å². The summed E-state index contributed by atoms with van der Waals surface area (Å²) in [6.45, 7) is 2.14. The number of nitrogens with zero attached hydrogens (tertiary/aromatic N) is 2. The number of hydrogen-bond acceptors (Lipinski definition) is 4. The van der Waals surface area contributed by atoms with Crippen LogP contribution in [0.15, 0.2) is 24.3 Å². The maximum atomic E-state index is 12.4. The summed E-state index contributed by atoms with van der Waals surface area (Å²) < 4.78 is 0. The Kier molecular flexibility index (Phi) is 4.61. The number of para-hydroxylation sites is 1. The molecule has 0 aromatic heterocycles. The van der Waals surface area contributed by atoms with Crippen molar-refractivity contribution in [3.63, 3.8) is 0 Å². The van der Waals surface area contributed by atoms with E-state index >= 15 is 0 Å². The summed E-state index contributed by atoms with van der Waals surface area (Å²) in [5, 5.41) is 0. The molecule has 6 heteroatoms. The molecule has 1 saturated carbocycles. The van der Waals surface area contributed by atoms with Gasteiger partial charge < -0.3 is 4.90 Å². The molecule has 2 N–H and O–H groups in total. The lowest BCUT2D eigenvalue weighted by Gasteiger charge is -2.30. The van der Waals surface area contributed by atoms with Gasteiger partial charge in [0.15, 0.2) is 0 Å². The highest BCUT2D eigenvalue weighted by Gasteiger charge is 2.40. The van der Waals surface area contributed by atoms with Gasteiger partial charge in [0.2, 0.25) is 0 Å². The highest BCUT2D eigenvalue weighted by Crippen LogP contribution is 2.33. The van der Waals surface area contributed by atoms with Gasteiger partial charge in [-0.05, 0) is 56.7 Å². The summed E-state index contributed by atoms with van der Waals surface area (Å²) in [6.07, 6.45) is 6.46. The zero-order chi connectivity index (χ0) is 17.2. The fourth-order valence-corrected chi connectivity index (χ4v) is 4.12. The number of anilines is 1. The predicted molar refractivity (Wildman–Crippen MR) is 96.0 cm³/mol. The number of amides is 2. The number of nitrogens with one attached hydrogen (secondary N) is 2. The van der Waals surface area contributed by atoms with E-state index in [1.165, 1.54) is 18.4 Å². The van der Waals surface area contributed by atoms with Crippen molar-refractivity contribution in [2.75, 3.05) is 24.5 Å². The first-order chi connectivity index (χ1) is 12.2. The molecule has 1 aromatic rings. The fourth-order valence-electron chi connectivity index (χ4n) is 4.12. The Balaban J connectivity index is 1.29. The standard InChI is InChI=1S/C19H26N4O2/c24-18(13-22-11-3-6-14-5-1-2-7-16(14)22)20-21-19(25)17-8-4-12-23(17)15-9-10-15/h1-2,5,7,15,17H,3-4,6,8-13H2,(H,20,24)(H,21,25)/t17-/m0/s1. The van der Waals surface area contributed by atoms with Crippen LogP contribution in [0.2, 0.25) is 0 Å². The molecule has 134 valence electrons. The Labute approximate surface area is 148 Å². The second kappa shape index (κ2) is 7.04. The van der Waals surface area contributed by atoms with Crippen LogP contribution in [0, 0.1) is 0 Å². The Morgan fingerprint density at radius 1 is 1.04 bits per heavy atom. The van der Waals surface area contributed by atoms with Gasteiger partial charge in [-0.2, -0.15) is 0 Å². The third-order valence-corrected chi connectivity index (χ3v) is 5.48. The maximum absolute atomic E-state index is 12.4. The van der Waals surface area contributed by atoms with Crippen molar-refractivity contribution >= 4 is 17.5 Å². The number of carbonyl (C=O) groups is 2. The first-order valence-corrected chi connectivity index (χ1v) is 9.39. The summed E-state index contributed by atoms with van der Waals surface area (Å²) in [5.74, 6) is -0.238. The van der Waals surface area contributed by atoms with E-state index in [9.17, 15) is 9.59 Å². The van der Waals surface area contributed by atoms with Crippen molar-refractivity contribution in [1.29, 1.82) is 0 Å². The monoisotopic (exact) mass is 342 g/mol. The number of aryl methyl sites for hydroxylation is 1. The lowest BCUT2D eigenvalue weighted by Crippen LogP contribution is -2.52. The molecule has 2 heterocycles. The van der Waals surface area contributed by atoms with Gasteiger partial charge in [-0.15, -0.1) is 0 Å². The van der Waals surface area contributed by atoms with E-state index in [-0.39, 0.29) is 24.4 Å². The van der Waals surface area contributed by atoms with Gasteiger partial charge in [0.1, 0.15) is 0 Å². The molecule has 0 bridgehead atoms. The van der Waals surface area contributed by atoms with E-state index in [0.717, 1.165) is 44.5 Å². The summed E-state index contributed by atoms with van der Waals surface area (Å²) >= 11 is 0. The van der Waals surface area contributed by atoms with Crippen LogP contribution in [-0.4, -0.2) is 48.4 Å². The highest BCUT2D eigenvalue weighted by molar-refractivity contribution is 5.87. The van der Waals surface area contributed by atoms with Crippen LogP contribution in [0.25, 0.3) is 0 Å². The third-order valence-electron chi connectivity index (χ3n) is 5.48. The molecule has 2 amide bonds. The van der Waals surface area contributed by atoms with E-state index < -0.39 is 0 Å². The maximum Gasteiger partial charge on any atom is 0.257 e. The third kappa shape index (κ3) is 3.63. The normalized spacial score (nSPS) is 23.2. The lowest BCUT2D eigenvalue weighted by atomic mass is 10.0. The topological polar surface area (TPSA) is 64.7 Å². The molecule has 1 saturated heterocycles. The number of carbonyl (C=O) groups excluding carboxylic acids is 2. The summed E-state index contributed by atoms with van der Waals surface area (Å²) in [4.78, 5) is 29.1. The number of hydrogen-bond donors (Lipinski definition) is 2. The molecule has 0 spiro atoms. The molecule has 25 heavy (non-hydrogen) atoms. The largest absolute Gasteiger partial charge is 0.362 e. The number of fused-ring (bicyclic) bond motifs is 1. The average molecular weight is 342 g/mol. The van der Waals surface area contributed by atoms with E-state index in [2.05, 4.69) is 32.8 Å². The second-order valence-corrected chi connectivity index (χ2v) is 7.32. The minimum Gasteiger partial charge on any atom is -0.362 e. The van der Waals surface area contributed by atoms with Gasteiger partial charge in [-0.3, -0.25) is 25.3 Å². The van der Waals surface area contributed by atoms with Crippen LogP contribution in [0.1, 0.15) is 37.7 Å². The van der Waals surface area contributed by atoms with E-state index in [1.54, 1.807) is 0 Å². The van der Waals surface area contributed by atoms with Crippen LogP contribution >= 0.6 is 0 Å². The molecule has 4 rings (SSSR count). The molecule has 0 radical (unpaired) electrons. The summed E-state index contributed by atoms with van der Waals surface area (Å²) in [5.41, 5.74) is 7.67. The Hall–Kier alpha value is -2.08. The molecular formula is C19H26N4O2. The van der Waals surface area contributed by atoms with Crippen LogP contribution < -0.4 is 15.8 Å². The van der Waals surface area contributed by atoms with Crippen molar-refractivity contribution < 1.29 is 9.59 Å².